The molecule has 4 heteroatoms. The van der Waals surface area contributed by atoms with Crippen molar-refractivity contribution in [1.29, 1.82) is 0 Å². The first-order valence-electron chi connectivity index (χ1n) is 5.87. The second kappa shape index (κ2) is 5.02. The molecule has 1 N–H and O–H groups in total. The predicted molar refractivity (Wildman–Crippen MR) is 72.2 cm³/mol. The summed E-state index contributed by atoms with van der Waals surface area (Å²) >= 11 is 1.79. The first-order valence-corrected chi connectivity index (χ1v) is 6.75. The quantitative estimate of drug-likeness (QED) is 0.901. The average molecular weight is 249 g/mol. The van der Waals surface area contributed by atoms with Crippen molar-refractivity contribution in [3.05, 3.63) is 39.8 Å². The molecule has 2 rings (SSSR count). The molecule has 2 aromatic heterocycles. The Morgan fingerprint density at radius 3 is 2.65 bits per heavy atom. The van der Waals surface area contributed by atoms with Gasteiger partial charge in [0.05, 0.1) is 5.69 Å². The fourth-order valence-electron chi connectivity index (χ4n) is 2.13. The average Bonchev–Trinajstić information content (AvgIpc) is 2.87. The Kier molecular flexibility index (Phi) is 3.64. The van der Waals surface area contributed by atoms with Gasteiger partial charge in [-0.2, -0.15) is 5.10 Å². The van der Waals surface area contributed by atoms with Gasteiger partial charge in [0.2, 0.25) is 0 Å². The standard InChI is InChI=1S/C13H19N3S/c1-9(12-8-16(4)15-10(12)2)14-11(3)13-6-5-7-17-13/h5-9,11,14H,1-4H3/t9?,11-/m1/s1. The summed E-state index contributed by atoms with van der Waals surface area (Å²) in [6.07, 6.45) is 2.09. The molecule has 1 unspecified atom stereocenters. The van der Waals surface area contributed by atoms with Gasteiger partial charge in [-0.25, -0.2) is 0 Å². The van der Waals surface area contributed by atoms with Crippen LogP contribution in [-0.4, -0.2) is 9.78 Å². The summed E-state index contributed by atoms with van der Waals surface area (Å²) in [6.45, 7) is 6.45. The maximum absolute atomic E-state index is 4.38. The first kappa shape index (κ1) is 12.3. The minimum Gasteiger partial charge on any atom is -0.303 e. The normalized spacial score (nSPS) is 14.8. The summed E-state index contributed by atoms with van der Waals surface area (Å²) < 4.78 is 1.87. The van der Waals surface area contributed by atoms with Crippen molar-refractivity contribution in [1.82, 2.24) is 15.1 Å². The summed E-state index contributed by atoms with van der Waals surface area (Å²) in [4.78, 5) is 1.37. The number of nitrogens with zero attached hydrogens (tertiary/aromatic N) is 2. The lowest BCUT2D eigenvalue weighted by Crippen LogP contribution is -2.22. The lowest BCUT2D eigenvalue weighted by Gasteiger charge is -2.18. The molecule has 0 spiro atoms. The highest BCUT2D eigenvalue weighted by atomic mass is 32.1. The maximum Gasteiger partial charge on any atom is 0.0641 e. The highest BCUT2D eigenvalue weighted by Crippen LogP contribution is 2.23. The monoisotopic (exact) mass is 249 g/mol. The van der Waals surface area contributed by atoms with Crippen LogP contribution in [-0.2, 0) is 7.05 Å². The second-order valence-corrected chi connectivity index (χ2v) is 5.45. The van der Waals surface area contributed by atoms with Gasteiger partial charge in [0.25, 0.3) is 0 Å². The third-order valence-electron chi connectivity index (χ3n) is 2.99. The molecule has 0 fully saturated rings. The van der Waals surface area contributed by atoms with Crippen LogP contribution < -0.4 is 5.32 Å². The van der Waals surface area contributed by atoms with Gasteiger partial charge < -0.3 is 5.32 Å². The van der Waals surface area contributed by atoms with Crippen LogP contribution in [0.3, 0.4) is 0 Å². The van der Waals surface area contributed by atoms with Crippen LogP contribution in [0.1, 0.15) is 42.1 Å². The van der Waals surface area contributed by atoms with E-state index in [-0.39, 0.29) is 0 Å². The number of nitrogens with one attached hydrogen (secondary N) is 1. The van der Waals surface area contributed by atoms with Crippen LogP contribution in [0.4, 0.5) is 0 Å². The van der Waals surface area contributed by atoms with Crippen LogP contribution in [0.5, 0.6) is 0 Å². The highest BCUT2D eigenvalue weighted by Gasteiger charge is 2.15. The van der Waals surface area contributed by atoms with E-state index in [4.69, 9.17) is 0 Å². The molecule has 0 saturated carbocycles. The van der Waals surface area contributed by atoms with E-state index in [1.165, 1.54) is 10.4 Å². The van der Waals surface area contributed by atoms with Crippen molar-refractivity contribution >= 4 is 11.3 Å². The van der Waals surface area contributed by atoms with E-state index in [0.29, 0.717) is 12.1 Å². The van der Waals surface area contributed by atoms with Crippen molar-refractivity contribution in [2.24, 2.45) is 7.05 Å². The molecule has 0 bridgehead atoms. The molecule has 17 heavy (non-hydrogen) atoms. The molecule has 92 valence electrons. The van der Waals surface area contributed by atoms with Crippen molar-refractivity contribution in [3.63, 3.8) is 0 Å². The minimum atomic E-state index is 0.320. The zero-order valence-electron chi connectivity index (χ0n) is 10.8. The van der Waals surface area contributed by atoms with Gasteiger partial charge in [-0.15, -0.1) is 11.3 Å². The van der Waals surface area contributed by atoms with Gasteiger partial charge in [-0.05, 0) is 32.2 Å². The number of thiophene rings is 1. The smallest absolute Gasteiger partial charge is 0.0641 e. The molecule has 3 nitrogen and oxygen atoms in total. The summed E-state index contributed by atoms with van der Waals surface area (Å²) in [5, 5.41) is 10.1. The zero-order chi connectivity index (χ0) is 12.4. The predicted octanol–water partition coefficient (Wildman–Crippen LogP) is 3.20. The maximum atomic E-state index is 4.38. The van der Waals surface area contributed by atoms with Crippen LogP contribution in [0, 0.1) is 6.92 Å². The third kappa shape index (κ3) is 2.76. The minimum absolute atomic E-state index is 0.320. The number of aromatic nitrogens is 2. The van der Waals surface area contributed by atoms with Gasteiger partial charge in [0.15, 0.2) is 0 Å². The Labute approximate surface area is 106 Å². The molecular weight excluding hydrogens is 230 g/mol. The number of rotatable bonds is 4. The van der Waals surface area contributed by atoms with Gasteiger partial charge in [-0.3, -0.25) is 4.68 Å². The fraction of sp³-hybridized carbons (Fsp3) is 0.462. The fourth-order valence-corrected chi connectivity index (χ4v) is 2.87. The Hall–Kier alpha value is -1.13. The molecule has 0 aliphatic carbocycles. The van der Waals surface area contributed by atoms with Crippen LogP contribution >= 0.6 is 11.3 Å². The van der Waals surface area contributed by atoms with Crippen molar-refractivity contribution < 1.29 is 0 Å². The zero-order valence-corrected chi connectivity index (χ0v) is 11.6. The third-order valence-corrected chi connectivity index (χ3v) is 4.04. The molecule has 0 aromatic carbocycles. The van der Waals surface area contributed by atoms with E-state index in [2.05, 4.69) is 54.9 Å². The molecule has 0 aliphatic rings. The van der Waals surface area contributed by atoms with Crippen molar-refractivity contribution in [2.75, 3.05) is 0 Å². The number of hydrogen-bond acceptors (Lipinski definition) is 3. The Morgan fingerprint density at radius 1 is 1.35 bits per heavy atom. The summed E-state index contributed by atoms with van der Waals surface area (Å²) in [6, 6.07) is 4.97. The lowest BCUT2D eigenvalue weighted by molar-refractivity contribution is 0.498. The largest absolute Gasteiger partial charge is 0.303 e. The second-order valence-electron chi connectivity index (χ2n) is 4.47. The van der Waals surface area contributed by atoms with Crippen LogP contribution in [0.25, 0.3) is 0 Å². The van der Waals surface area contributed by atoms with Crippen LogP contribution in [0.2, 0.25) is 0 Å². The molecule has 2 aromatic rings. The van der Waals surface area contributed by atoms with E-state index in [0.717, 1.165) is 5.69 Å². The molecule has 0 aliphatic heterocycles. The molecule has 2 atom stereocenters. The molecule has 0 saturated heterocycles. The summed E-state index contributed by atoms with van der Waals surface area (Å²) in [5.74, 6) is 0. The Balaban J connectivity index is 2.06. The van der Waals surface area contributed by atoms with Gasteiger partial charge >= 0.3 is 0 Å². The van der Waals surface area contributed by atoms with Crippen molar-refractivity contribution in [3.8, 4) is 0 Å². The van der Waals surface area contributed by atoms with E-state index in [1.807, 2.05) is 11.7 Å². The highest BCUT2D eigenvalue weighted by molar-refractivity contribution is 7.10. The van der Waals surface area contributed by atoms with Crippen molar-refractivity contribution in [2.45, 2.75) is 32.9 Å². The summed E-state index contributed by atoms with van der Waals surface area (Å²) in [5.41, 5.74) is 2.38. The Bertz CT molecular complexity index is 473. The summed E-state index contributed by atoms with van der Waals surface area (Å²) in [7, 11) is 1.96. The van der Waals surface area contributed by atoms with Gasteiger partial charge in [0.1, 0.15) is 0 Å². The molecule has 2 heterocycles. The first-order chi connectivity index (χ1) is 8.08. The molecular formula is C13H19N3S. The van der Waals surface area contributed by atoms with E-state index in [1.54, 1.807) is 11.3 Å². The van der Waals surface area contributed by atoms with E-state index in [9.17, 15) is 0 Å². The SMILES string of the molecule is Cc1nn(C)cc1C(C)N[C@H](C)c1cccs1. The Morgan fingerprint density at radius 2 is 2.12 bits per heavy atom. The number of aryl methyl sites for hydroxylation is 2. The van der Waals surface area contributed by atoms with Gasteiger partial charge in [0, 0.05) is 35.8 Å². The molecule has 0 radical (unpaired) electrons. The van der Waals surface area contributed by atoms with Gasteiger partial charge in [-0.1, -0.05) is 6.07 Å². The number of hydrogen-bond donors (Lipinski definition) is 1. The van der Waals surface area contributed by atoms with Crippen LogP contribution in [0.15, 0.2) is 23.7 Å². The molecule has 0 amide bonds. The topological polar surface area (TPSA) is 29.9 Å². The van der Waals surface area contributed by atoms with E-state index >= 15 is 0 Å². The van der Waals surface area contributed by atoms with E-state index < -0.39 is 0 Å². The lowest BCUT2D eigenvalue weighted by atomic mass is 10.1.